The minimum absolute atomic E-state index is 0.0610. The lowest BCUT2D eigenvalue weighted by Crippen LogP contribution is -2.42. The predicted molar refractivity (Wildman–Crippen MR) is 92.6 cm³/mol. The van der Waals surface area contributed by atoms with E-state index in [1.54, 1.807) is 0 Å². The number of nitro groups is 1. The molecular weight excluding hydrogens is 364 g/mol. The molecule has 2 aromatic rings. The summed E-state index contributed by atoms with van der Waals surface area (Å²) in [6.45, 7) is 2.39. The van der Waals surface area contributed by atoms with Crippen molar-refractivity contribution >= 4 is 29.3 Å². The van der Waals surface area contributed by atoms with Crippen LogP contribution in [0.5, 0.6) is 0 Å². The van der Waals surface area contributed by atoms with Crippen LogP contribution in [-0.4, -0.2) is 37.3 Å². The Morgan fingerprint density at radius 1 is 1.31 bits per heavy atom. The van der Waals surface area contributed by atoms with Crippen LogP contribution in [0.2, 0.25) is 0 Å². The van der Waals surface area contributed by atoms with Crippen LogP contribution >= 0.6 is 11.8 Å². The van der Waals surface area contributed by atoms with Gasteiger partial charge in [0.25, 0.3) is 11.6 Å². The Kier molecular flexibility index (Phi) is 6.49. The molecule has 138 valence electrons. The maximum atomic E-state index is 11.9. The van der Waals surface area contributed by atoms with Crippen molar-refractivity contribution in [2.24, 2.45) is 0 Å². The van der Waals surface area contributed by atoms with E-state index in [0.717, 1.165) is 18.2 Å². The highest BCUT2D eigenvalue weighted by Gasteiger charge is 2.13. The number of non-ortho nitro benzene ring substituents is 1. The number of carbonyl (C=O) groups is 2. The summed E-state index contributed by atoms with van der Waals surface area (Å²) in [6.07, 6.45) is 0.741. The lowest BCUT2D eigenvalue weighted by molar-refractivity contribution is -0.384. The van der Waals surface area contributed by atoms with Gasteiger partial charge in [0.2, 0.25) is 5.91 Å². The lowest BCUT2D eigenvalue weighted by atomic mass is 10.2. The van der Waals surface area contributed by atoms with Gasteiger partial charge in [-0.15, -0.1) is 5.10 Å². The summed E-state index contributed by atoms with van der Waals surface area (Å²) in [4.78, 5) is 45.2. The first-order valence-electron chi connectivity index (χ1n) is 7.54. The molecule has 1 aromatic heterocycles. The molecule has 12 heteroatoms. The molecule has 26 heavy (non-hydrogen) atoms. The molecule has 2 amide bonds. The van der Waals surface area contributed by atoms with Crippen LogP contribution in [0.1, 0.15) is 23.7 Å². The van der Waals surface area contributed by atoms with Crippen molar-refractivity contribution in [3.05, 3.63) is 50.4 Å². The fraction of sp³-hybridized carbons (Fsp3) is 0.286. The van der Waals surface area contributed by atoms with Gasteiger partial charge in [-0.25, -0.2) is 9.89 Å². The van der Waals surface area contributed by atoms with E-state index in [1.165, 1.54) is 28.8 Å². The second-order valence-electron chi connectivity index (χ2n) is 5.06. The molecule has 0 saturated carbocycles. The zero-order chi connectivity index (χ0) is 19.1. The molecular formula is C14H16N6O5S. The number of hydrazine groups is 1. The molecule has 0 aliphatic carbocycles. The molecule has 0 bridgehead atoms. The number of aromatic nitrogens is 3. The molecule has 0 radical (unpaired) electrons. The lowest BCUT2D eigenvalue weighted by Gasteiger charge is -2.07. The van der Waals surface area contributed by atoms with Gasteiger partial charge in [-0.3, -0.25) is 35.1 Å². The van der Waals surface area contributed by atoms with Gasteiger partial charge >= 0.3 is 5.69 Å². The number of nitrogens with zero attached hydrogens (tertiary/aromatic N) is 3. The number of H-pyrrole nitrogens is 1. The average molecular weight is 380 g/mol. The number of hydrogen-bond donors (Lipinski definition) is 3. The van der Waals surface area contributed by atoms with Gasteiger partial charge < -0.3 is 0 Å². The highest BCUT2D eigenvalue weighted by molar-refractivity contribution is 7.99. The molecule has 1 heterocycles. The quantitative estimate of drug-likeness (QED) is 0.358. The van der Waals surface area contributed by atoms with Gasteiger partial charge in [0.1, 0.15) is 0 Å². The summed E-state index contributed by atoms with van der Waals surface area (Å²) in [6, 6.07) is 4.94. The summed E-state index contributed by atoms with van der Waals surface area (Å²) in [7, 11) is 0. The third-order valence-corrected chi connectivity index (χ3v) is 4.13. The van der Waals surface area contributed by atoms with Crippen LogP contribution in [0.15, 0.2) is 34.2 Å². The van der Waals surface area contributed by atoms with Crippen molar-refractivity contribution < 1.29 is 14.5 Å². The third-order valence-electron chi connectivity index (χ3n) is 3.16. The first-order chi connectivity index (χ1) is 12.4. The SMILES string of the molecule is CCCn1c(SCC(=O)NNC(=O)c2ccc([N+](=O)[O-])cc2)n[nH]c1=O. The van der Waals surface area contributed by atoms with Gasteiger partial charge in [-0.2, -0.15) is 0 Å². The van der Waals surface area contributed by atoms with E-state index in [1.807, 2.05) is 6.92 Å². The topological polar surface area (TPSA) is 152 Å². The maximum Gasteiger partial charge on any atom is 0.343 e. The summed E-state index contributed by atoms with van der Waals surface area (Å²) < 4.78 is 1.42. The molecule has 0 saturated heterocycles. The Labute approximate surface area is 151 Å². The van der Waals surface area contributed by atoms with E-state index < -0.39 is 16.7 Å². The van der Waals surface area contributed by atoms with Gasteiger partial charge in [-0.05, 0) is 18.6 Å². The molecule has 0 aliphatic heterocycles. The highest BCUT2D eigenvalue weighted by atomic mass is 32.2. The van der Waals surface area contributed by atoms with Crippen LogP contribution in [0.25, 0.3) is 0 Å². The maximum absolute atomic E-state index is 11.9. The van der Waals surface area contributed by atoms with Crippen LogP contribution < -0.4 is 16.5 Å². The van der Waals surface area contributed by atoms with E-state index in [2.05, 4.69) is 21.0 Å². The standard InChI is InChI=1S/C14H16N6O5S/c1-2-7-19-13(23)17-18-14(19)26-8-11(21)15-16-12(22)9-3-5-10(6-4-9)20(24)25/h3-6H,2,7-8H2,1H3,(H,15,21)(H,16,22)(H,17,23). The molecule has 3 N–H and O–H groups in total. The zero-order valence-corrected chi connectivity index (χ0v) is 14.5. The van der Waals surface area contributed by atoms with Crippen LogP contribution in [-0.2, 0) is 11.3 Å². The van der Waals surface area contributed by atoms with Crippen LogP contribution in [0.4, 0.5) is 5.69 Å². The zero-order valence-electron chi connectivity index (χ0n) is 13.7. The Morgan fingerprint density at radius 3 is 2.62 bits per heavy atom. The molecule has 0 unspecified atom stereocenters. The first-order valence-corrected chi connectivity index (χ1v) is 8.52. The second-order valence-corrected chi connectivity index (χ2v) is 6.00. The molecule has 0 aliphatic rings. The number of nitrogens with one attached hydrogen (secondary N) is 3. The minimum Gasteiger partial charge on any atom is -0.272 e. The van der Waals surface area contributed by atoms with Crippen molar-refractivity contribution in [2.45, 2.75) is 25.0 Å². The largest absolute Gasteiger partial charge is 0.343 e. The average Bonchev–Trinajstić information content (AvgIpc) is 2.98. The van der Waals surface area contributed by atoms with Crippen molar-refractivity contribution in [3.63, 3.8) is 0 Å². The third kappa shape index (κ3) is 4.92. The number of benzene rings is 1. The van der Waals surface area contributed by atoms with E-state index in [9.17, 15) is 24.5 Å². The monoisotopic (exact) mass is 380 g/mol. The van der Waals surface area contributed by atoms with Gasteiger partial charge in [0.05, 0.1) is 10.7 Å². The fourth-order valence-electron chi connectivity index (χ4n) is 1.93. The van der Waals surface area contributed by atoms with Crippen molar-refractivity contribution in [1.29, 1.82) is 0 Å². The van der Waals surface area contributed by atoms with E-state index in [-0.39, 0.29) is 22.7 Å². The number of amides is 2. The number of aromatic amines is 1. The number of carbonyl (C=O) groups excluding carboxylic acids is 2. The summed E-state index contributed by atoms with van der Waals surface area (Å²) in [5.41, 5.74) is 4.11. The van der Waals surface area contributed by atoms with Gasteiger partial charge in [-0.1, -0.05) is 18.7 Å². The van der Waals surface area contributed by atoms with E-state index >= 15 is 0 Å². The number of nitro benzene ring substituents is 1. The molecule has 0 spiro atoms. The van der Waals surface area contributed by atoms with Crippen LogP contribution in [0, 0.1) is 10.1 Å². The van der Waals surface area contributed by atoms with Crippen molar-refractivity contribution in [2.75, 3.05) is 5.75 Å². The molecule has 2 rings (SSSR count). The van der Waals surface area contributed by atoms with Gasteiger partial charge in [0.15, 0.2) is 5.16 Å². The normalized spacial score (nSPS) is 10.3. The molecule has 11 nitrogen and oxygen atoms in total. The Hall–Kier alpha value is -3.15. The minimum atomic E-state index is -0.610. The fourth-order valence-corrected chi connectivity index (χ4v) is 2.71. The number of rotatable bonds is 7. The summed E-state index contributed by atoms with van der Waals surface area (Å²) in [5, 5.41) is 17.1. The first kappa shape index (κ1) is 19.2. The smallest absolute Gasteiger partial charge is 0.272 e. The van der Waals surface area contributed by atoms with E-state index in [0.29, 0.717) is 11.7 Å². The molecule has 0 atom stereocenters. The van der Waals surface area contributed by atoms with Crippen molar-refractivity contribution in [3.8, 4) is 0 Å². The number of hydrogen-bond acceptors (Lipinski definition) is 7. The summed E-state index contributed by atoms with van der Waals surface area (Å²) >= 11 is 1.05. The predicted octanol–water partition coefficient (Wildman–Crippen LogP) is 0.443. The Bertz CT molecular complexity index is 859. The van der Waals surface area contributed by atoms with Crippen LogP contribution in [0.3, 0.4) is 0 Å². The van der Waals surface area contributed by atoms with Crippen molar-refractivity contribution in [1.82, 2.24) is 25.6 Å². The molecule has 0 fully saturated rings. The Balaban J connectivity index is 1.84. The summed E-state index contributed by atoms with van der Waals surface area (Å²) in [5.74, 6) is -1.17. The van der Waals surface area contributed by atoms with E-state index in [4.69, 9.17) is 0 Å². The Morgan fingerprint density at radius 2 is 2.00 bits per heavy atom. The van der Waals surface area contributed by atoms with Gasteiger partial charge in [0, 0.05) is 24.2 Å². The second kappa shape index (κ2) is 8.80. The molecule has 1 aromatic carbocycles. The highest BCUT2D eigenvalue weighted by Crippen LogP contribution is 2.13. The number of thioether (sulfide) groups is 1.